The maximum atomic E-state index is 12.4. The molecule has 0 radical (unpaired) electrons. The van der Waals surface area contributed by atoms with Crippen molar-refractivity contribution in [1.29, 1.82) is 5.26 Å². The maximum Gasteiger partial charge on any atom is 0.302 e. The van der Waals surface area contributed by atoms with Gasteiger partial charge in [0.1, 0.15) is 5.76 Å². The zero-order valence-corrected chi connectivity index (χ0v) is 19.1. The van der Waals surface area contributed by atoms with Gasteiger partial charge in [0.25, 0.3) is 5.91 Å². The molecule has 9 nitrogen and oxygen atoms in total. The molecule has 1 aromatic carbocycles. The highest BCUT2D eigenvalue weighted by Gasteiger charge is 2.27. The molecular formula is C22H28N4O5S. The van der Waals surface area contributed by atoms with Gasteiger partial charge in [-0.2, -0.15) is 10.2 Å². The molecule has 3 rings (SSSR count). The predicted octanol–water partition coefficient (Wildman–Crippen LogP) is 2.88. The van der Waals surface area contributed by atoms with Crippen LogP contribution in [0.25, 0.3) is 0 Å². The van der Waals surface area contributed by atoms with Crippen LogP contribution in [0.3, 0.4) is 0 Å². The first-order valence-corrected chi connectivity index (χ1v) is 12.6. The summed E-state index contributed by atoms with van der Waals surface area (Å²) >= 11 is 0. The summed E-state index contributed by atoms with van der Waals surface area (Å²) in [5.74, 6) is -0.419. The van der Waals surface area contributed by atoms with E-state index < -0.39 is 15.9 Å². The van der Waals surface area contributed by atoms with Crippen molar-refractivity contribution in [3.63, 3.8) is 0 Å². The standard InChI is InChI=1S/C22H28N4O5S/c1-3-19-20(21(28)25-32(2,29)30)24-22(31-19)26(17-10-8-15(14-23)9-11-17)13-12-16-6-4-5-7-18(16)27/h8-11,16,18,27H,3-7,12-13H2,1-2H3,(H,25,28)/t16-,18+/m1/s1. The van der Waals surface area contributed by atoms with Crippen molar-refractivity contribution in [2.45, 2.75) is 51.6 Å². The van der Waals surface area contributed by atoms with Gasteiger partial charge < -0.3 is 9.52 Å². The Morgan fingerprint density at radius 3 is 2.59 bits per heavy atom. The molecule has 1 amide bonds. The van der Waals surface area contributed by atoms with Gasteiger partial charge in [0.05, 0.1) is 24.0 Å². The van der Waals surface area contributed by atoms with E-state index in [1.165, 1.54) is 0 Å². The number of nitrogens with one attached hydrogen (secondary N) is 1. The average molecular weight is 461 g/mol. The lowest BCUT2D eigenvalue weighted by Crippen LogP contribution is -2.30. The van der Waals surface area contributed by atoms with E-state index in [9.17, 15) is 18.3 Å². The average Bonchev–Trinajstić information content (AvgIpc) is 3.19. The lowest BCUT2D eigenvalue weighted by atomic mass is 9.84. The van der Waals surface area contributed by atoms with Gasteiger partial charge in [-0.15, -0.1) is 0 Å². The molecule has 0 unspecified atom stereocenters. The molecular weight excluding hydrogens is 432 g/mol. The minimum atomic E-state index is -3.75. The topological polar surface area (TPSA) is 137 Å². The van der Waals surface area contributed by atoms with Gasteiger partial charge in [-0.3, -0.25) is 9.69 Å². The molecule has 0 saturated heterocycles. The predicted molar refractivity (Wildman–Crippen MR) is 119 cm³/mol. The van der Waals surface area contributed by atoms with E-state index in [0.717, 1.165) is 31.9 Å². The Labute approximate surface area is 188 Å². The number of nitriles is 1. The number of anilines is 2. The molecule has 2 atom stereocenters. The molecule has 1 aliphatic carbocycles. The van der Waals surface area contributed by atoms with Crippen LogP contribution in [0, 0.1) is 17.2 Å². The third kappa shape index (κ3) is 5.87. The summed E-state index contributed by atoms with van der Waals surface area (Å²) in [5, 5.41) is 19.5. The molecule has 0 bridgehead atoms. The van der Waals surface area contributed by atoms with Crippen LogP contribution in [0.5, 0.6) is 0 Å². The summed E-state index contributed by atoms with van der Waals surface area (Å²) in [6.07, 6.45) is 5.42. The van der Waals surface area contributed by atoms with E-state index in [-0.39, 0.29) is 29.5 Å². The number of rotatable bonds is 8. The Morgan fingerprint density at radius 2 is 2.00 bits per heavy atom. The van der Waals surface area contributed by atoms with Crippen LogP contribution in [0.2, 0.25) is 0 Å². The molecule has 1 saturated carbocycles. The van der Waals surface area contributed by atoms with Crippen molar-refractivity contribution in [3.05, 3.63) is 41.3 Å². The largest absolute Gasteiger partial charge is 0.428 e. The van der Waals surface area contributed by atoms with E-state index in [1.54, 1.807) is 36.1 Å². The summed E-state index contributed by atoms with van der Waals surface area (Å²) in [5.41, 5.74) is 1.14. The quantitative estimate of drug-likeness (QED) is 0.614. The van der Waals surface area contributed by atoms with E-state index in [4.69, 9.17) is 9.68 Å². The molecule has 2 aromatic rings. The number of amides is 1. The number of aliphatic hydroxyl groups is 1. The third-order valence-corrected chi connectivity index (χ3v) is 6.19. The lowest BCUT2D eigenvalue weighted by molar-refractivity contribution is 0.0665. The first-order valence-electron chi connectivity index (χ1n) is 10.7. The zero-order chi connectivity index (χ0) is 23.3. The number of sulfonamides is 1. The Balaban J connectivity index is 1.93. The Kier molecular flexibility index (Phi) is 7.53. The summed E-state index contributed by atoms with van der Waals surface area (Å²) in [7, 11) is -3.75. The molecule has 1 aromatic heterocycles. The first-order chi connectivity index (χ1) is 15.2. The van der Waals surface area contributed by atoms with E-state index in [1.807, 2.05) is 4.72 Å². The van der Waals surface area contributed by atoms with Crippen LogP contribution < -0.4 is 9.62 Å². The number of hydrogen-bond donors (Lipinski definition) is 2. The first kappa shape index (κ1) is 23.8. The van der Waals surface area contributed by atoms with Gasteiger partial charge in [-0.05, 0) is 49.4 Å². The third-order valence-electron chi connectivity index (χ3n) is 5.63. The second kappa shape index (κ2) is 10.1. The van der Waals surface area contributed by atoms with E-state index in [2.05, 4.69) is 11.1 Å². The minimum absolute atomic E-state index is 0.0794. The smallest absolute Gasteiger partial charge is 0.302 e. The molecule has 172 valence electrons. The second-order valence-electron chi connectivity index (χ2n) is 8.04. The van der Waals surface area contributed by atoms with Gasteiger partial charge in [-0.25, -0.2) is 13.1 Å². The van der Waals surface area contributed by atoms with Crippen molar-refractivity contribution in [3.8, 4) is 6.07 Å². The number of carbonyl (C=O) groups excluding carboxylic acids is 1. The van der Waals surface area contributed by atoms with Crippen molar-refractivity contribution < 1.29 is 22.7 Å². The number of benzene rings is 1. The van der Waals surface area contributed by atoms with E-state index in [0.29, 0.717) is 30.6 Å². The van der Waals surface area contributed by atoms with Crippen molar-refractivity contribution in [2.75, 3.05) is 17.7 Å². The number of carbonyl (C=O) groups is 1. The van der Waals surface area contributed by atoms with Gasteiger partial charge in [-0.1, -0.05) is 19.8 Å². The lowest BCUT2D eigenvalue weighted by Gasteiger charge is -2.30. The van der Waals surface area contributed by atoms with Crippen LogP contribution in [0.15, 0.2) is 28.7 Å². The molecule has 32 heavy (non-hydrogen) atoms. The summed E-state index contributed by atoms with van der Waals surface area (Å²) in [4.78, 5) is 18.6. The molecule has 10 heteroatoms. The SMILES string of the molecule is CCc1oc(N(CC[C@H]2CCCC[C@@H]2O)c2ccc(C#N)cc2)nc1C(=O)NS(C)(=O)=O. The number of nitrogens with zero attached hydrogens (tertiary/aromatic N) is 3. The summed E-state index contributed by atoms with van der Waals surface area (Å²) in [6.45, 7) is 2.26. The Hall–Kier alpha value is -2.90. The number of aromatic nitrogens is 1. The molecule has 1 aliphatic rings. The Morgan fingerprint density at radius 1 is 1.31 bits per heavy atom. The number of aliphatic hydroxyl groups excluding tert-OH is 1. The summed E-state index contributed by atoms with van der Waals surface area (Å²) < 4.78 is 30.8. The van der Waals surface area contributed by atoms with Crippen LogP contribution in [0.4, 0.5) is 11.7 Å². The fraction of sp³-hybridized carbons (Fsp3) is 0.500. The fourth-order valence-corrected chi connectivity index (χ4v) is 4.39. The normalized spacial score (nSPS) is 18.7. The summed E-state index contributed by atoms with van der Waals surface area (Å²) in [6, 6.07) is 9.13. The zero-order valence-electron chi connectivity index (χ0n) is 18.2. The monoisotopic (exact) mass is 460 g/mol. The van der Waals surface area contributed by atoms with Crippen LogP contribution in [-0.2, 0) is 16.4 Å². The van der Waals surface area contributed by atoms with Gasteiger partial charge in [0, 0.05) is 18.7 Å². The van der Waals surface area contributed by atoms with Crippen molar-refractivity contribution in [2.24, 2.45) is 5.92 Å². The highest BCUT2D eigenvalue weighted by Crippen LogP contribution is 2.32. The molecule has 0 spiro atoms. The number of hydrogen-bond acceptors (Lipinski definition) is 8. The minimum Gasteiger partial charge on any atom is -0.428 e. The fourth-order valence-electron chi connectivity index (χ4n) is 3.96. The molecule has 2 N–H and O–H groups in total. The van der Waals surface area contributed by atoms with Crippen LogP contribution >= 0.6 is 0 Å². The highest BCUT2D eigenvalue weighted by molar-refractivity contribution is 7.89. The Bertz CT molecular complexity index is 1090. The van der Waals surface area contributed by atoms with Crippen molar-refractivity contribution >= 4 is 27.6 Å². The van der Waals surface area contributed by atoms with Crippen LogP contribution in [0.1, 0.15) is 60.8 Å². The number of aryl methyl sites for hydroxylation is 1. The van der Waals surface area contributed by atoms with E-state index >= 15 is 0 Å². The van der Waals surface area contributed by atoms with Crippen LogP contribution in [-0.4, -0.2) is 43.3 Å². The van der Waals surface area contributed by atoms with Gasteiger partial charge in [0.15, 0.2) is 5.69 Å². The van der Waals surface area contributed by atoms with Gasteiger partial charge >= 0.3 is 6.01 Å². The highest BCUT2D eigenvalue weighted by atomic mass is 32.2. The molecule has 0 aliphatic heterocycles. The molecule has 1 heterocycles. The van der Waals surface area contributed by atoms with Gasteiger partial charge in [0.2, 0.25) is 10.0 Å². The molecule has 1 fully saturated rings. The van der Waals surface area contributed by atoms with Crippen molar-refractivity contribution in [1.82, 2.24) is 9.71 Å². The number of oxazole rings is 1. The second-order valence-corrected chi connectivity index (χ2v) is 9.78. The maximum absolute atomic E-state index is 12.4.